The number of H-pyrrole nitrogens is 1. The van der Waals surface area contributed by atoms with Gasteiger partial charge in [0.15, 0.2) is 5.69 Å². The summed E-state index contributed by atoms with van der Waals surface area (Å²) in [6.07, 6.45) is 0. The lowest BCUT2D eigenvalue weighted by atomic mass is 9.99. The molecule has 4 rings (SSSR count). The van der Waals surface area contributed by atoms with E-state index in [1.54, 1.807) is 6.07 Å². The van der Waals surface area contributed by atoms with Gasteiger partial charge in [-0.25, -0.2) is 9.83 Å². The molecule has 26 heavy (non-hydrogen) atoms. The van der Waals surface area contributed by atoms with Gasteiger partial charge in [0.05, 0.1) is 29.2 Å². The van der Waals surface area contributed by atoms with Gasteiger partial charge in [0.25, 0.3) is 0 Å². The summed E-state index contributed by atoms with van der Waals surface area (Å²) in [6, 6.07) is 21.5. The molecule has 1 N–H and O–H groups in total. The fourth-order valence-electron chi connectivity index (χ4n) is 3.06. The van der Waals surface area contributed by atoms with Crippen molar-refractivity contribution in [3.63, 3.8) is 0 Å². The lowest BCUT2D eigenvalue weighted by Crippen LogP contribution is -1.84. The third kappa shape index (κ3) is 2.70. The predicted molar refractivity (Wildman–Crippen MR) is 103 cm³/mol. The quantitative estimate of drug-likeness (QED) is 0.483. The highest BCUT2D eigenvalue weighted by Crippen LogP contribution is 2.29. The summed E-state index contributed by atoms with van der Waals surface area (Å²) >= 11 is 0. The molecule has 0 fully saturated rings. The maximum absolute atomic E-state index is 9.01. The highest BCUT2D eigenvalue weighted by molar-refractivity contribution is 5.81. The van der Waals surface area contributed by atoms with Crippen LogP contribution in [0.4, 0.5) is 5.69 Å². The zero-order valence-corrected chi connectivity index (χ0v) is 14.1. The van der Waals surface area contributed by atoms with Crippen molar-refractivity contribution in [1.29, 1.82) is 5.26 Å². The second-order valence-electron chi connectivity index (χ2n) is 6.12. The van der Waals surface area contributed by atoms with Crippen molar-refractivity contribution >= 4 is 16.7 Å². The molecule has 3 aromatic carbocycles. The number of rotatable bonds is 2. The summed E-state index contributed by atoms with van der Waals surface area (Å²) in [6.45, 7) is 9.12. The minimum Gasteiger partial charge on any atom is -0.338 e. The van der Waals surface area contributed by atoms with Crippen molar-refractivity contribution in [1.82, 2.24) is 9.97 Å². The number of nitriles is 1. The monoisotopic (exact) mass is 334 g/mol. The van der Waals surface area contributed by atoms with E-state index in [0.717, 1.165) is 39.1 Å². The predicted octanol–water partition coefficient (Wildman–Crippen LogP) is 5.63. The third-order valence-electron chi connectivity index (χ3n) is 4.42. The Morgan fingerprint density at radius 1 is 1.00 bits per heavy atom. The molecule has 4 aromatic rings. The first kappa shape index (κ1) is 15.6. The van der Waals surface area contributed by atoms with Crippen LogP contribution < -0.4 is 0 Å². The highest BCUT2D eigenvalue weighted by atomic mass is 14.9. The topological polar surface area (TPSA) is 56.8 Å². The number of nitrogens with one attached hydrogen (secondary N) is 1. The molecule has 1 aromatic heterocycles. The van der Waals surface area contributed by atoms with E-state index in [-0.39, 0.29) is 0 Å². The molecule has 0 aliphatic carbocycles. The van der Waals surface area contributed by atoms with Crippen LogP contribution in [0.25, 0.3) is 38.4 Å². The second-order valence-corrected chi connectivity index (χ2v) is 6.12. The fourth-order valence-corrected chi connectivity index (χ4v) is 3.06. The summed E-state index contributed by atoms with van der Waals surface area (Å²) in [5.74, 6) is 0.779. The number of imidazole rings is 1. The maximum atomic E-state index is 9.01. The van der Waals surface area contributed by atoms with Gasteiger partial charge in [-0.1, -0.05) is 48.0 Å². The van der Waals surface area contributed by atoms with Crippen LogP contribution in [0.15, 0.2) is 60.7 Å². The molecular formula is C22H14N4. The van der Waals surface area contributed by atoms with Crippen molar-refractivity contribution in [2.45, 2.75) is 6.92 Å². The number of aromatic nitrogens is 2. The van der Waals surface area contributed by atoms with Crippen LogP contribution in [0.1, 0.15) is 11.1 Å². The summed E-state index contributed by atoms with van der Waals surface area (Å²) in [7, 11) is 0. The van der Waals surface area contributed by atoms with Gasteiger partial charge in [0, 0.05) is 5.56 Å². The van der Waals surface area contributed by atoms with Gasteiger partial charge < -0.3 is 4.98 Å². The summed E-state index contributed by atoms with van der Waals surface area (Å²) < 4.78 is 0. The molecule has 122 valence electrons. The number of fused-ring (bicyclic) bond motifs is 1. The third-order valence-corrected chi connectivity index (χ3v) is 4.42. The first-order valence-corrected chi connectivity index (χ1v) is 8.17. The molecule has 0 saturated heterocycles. The molecule has 4 nitrogen and oxygen atoms in total. The first-order chi connectivity index (χ1) is 12.7. The SMILES string of the molecule is [C-]#[N+]c1ccc(-c2ccc(-c3nc4ccc(C#N)cc4[nH]3)cc2)c(C)c1. The Balaban J connectivity index is 1.70. The maximum Gasteiger partial charge on any atom is 0.187 e. The standard InChI is InChI=1S/C22H14N4/c1-14-11-18(24-2)8-9-19(14)16-4-6-17(7-5-16)22-25-20-10-3-15(13-23)12-21(20)26-22/h3-12H,1H3,(H,25,26). The summed E-state index contributed by atoms with van der Waals surface area (Å²) in [5, 5.41) is 9.01. The van der Waals surface area contributed by atoms with E-state index in [2.05, 4.69) is 33.0 Å². The molecule has 0 aliphatic rings. The zero-order chi connectivity index (χ0) is 18.1. The molecule has 0 bridgehead atoms. The molecular weight excluding hydrogens is 320 g/mol. The van der Waals surface area contributed by atoms with Crippen LogP contribution >= 0.6 is 0 Å². The Morgan fingerprint density at radius 2 is 1.77 bits per heavy atom. The molecule has 0 saturated carbocycles. The molecule has 0 aliphatic heterocycles. The fraction of sp³-hybridized carbons (Fsp3) is 0.0455. The Morgan fingerprint density at radius 3 is 2.46 bits per heavy atom. The number of aryl methyl sites for hydroxylation is 1. The smallest absolute Gasteiger partial charge is 0.187 e. The van der Waals surface area contributed by atoms with Gasteiger partial charge in [-0.3, -0.25) is 0 Å². The average Bonchev–Trinajstić information content (AvgIpc) is 3.11. The van der Waals surface area contributed by atoms with Crippen LogP contribution in [0.5, 0.6) is 0 Å². The number of hydrogen-bond acceptors (Lipinski definition) is 2. The Labute approximate surface area is 151 Å². The molecule has 0 amide bonds. The van der Waals surface area contributed by atoms with Crippen LogP contribution in [0.3, 0.4) is 0 Å². The zero-order valence-electron chi connectivity index (χ0n) is 14.1. The minimum atomic E-state index is 0.612. The van der Waals surface area contributed by atoms with Gasteiger partial charge in [0.2, 0.25) is 0 Å². The number of nitrogens with zero attached hydrogens (tertiary/aromatic N) is 3. The van der Waals surface area contributed by atoms with Crippen molar-refractivity contribution in [3.8, 4) is 28.6 Å². The number of hydrogen-bond donors (Lipinski definition) is 1. The van der Waals surface area contributed by atoms with Crippen molar-refractivity contribution in [2.75, 3.05) is 0 Å². The van der Waals surface area contributed by atoms with Crippen LogP contribution in [-0.2, 0) is 0 Å². The number of benzene rings is 3. The summed E-state index contributed by atoms with van der Waals surface area (Å²) in [4.78, 5) is 11.4. The van der Waals surface area contributed by atoms with Crippen molar-refractivity contribution in [2.24, 2.45) is 0 Å². The minimum absolute atomic E-state index is 0.612. The summed E-state index contributed by atoms with van der Waals surface area (Å²) in [5.41, 5.74) is 7.25. The van der Waals surface area contributed by atoms with Crippen LogP contribution in [0.2, 0.25) is 0 Å². The van der Waals surface area contributed by atoms with E-state index in [0.29, 0.717) is 11.3 Å². The average molecular weight is 334 g/mol. The molecule has 1 heterocycles. The van der Waals surface area contributed by atoms with E-state index in [9.17, 15) is 0 Å². The molecule has 0 spiro atoms. The Hall–Kier alpha value is -3.89. The van der Waals surface area contributed by atoms with Gasteiger partial charge in [0.1, 0.15) is 5.82 Å². The molecule has 0 radical (unpaired) electrons. The molecule has 0 unspecified atom stereocenters. The van der Waals surface area contributed by atoms with E-state index >= 15 is 0 Å². The van der Waals surface area contributed by atoms with Crippen molar-refractivity contribution < 1.29 is 0 Å². The van der Waals surface area contributed by atoms with Gasteiger partial charge >= 0.3 is 0 Å². The van der Waals surface area contributed by atoms with Gasteiger partial charge in [-0.05, 0) is 36.2 Å². The largest absolute Gasteiger partial charge is 0.338 e. The van der Waals surface area contributed by atoms with E-state index in [1.165, 1.54) is 0 Å². The molecule has 4 heteroatoms. The highest BCUT2D eigenvalue weighted by Gasteiger charge is 2.08. The molecule has 0 atom stereocenters. The van der Waals surface area contributed by atoms with E-state index in [1.807, 2.05) is 49.4 Å². The van der Waals surface area contributed by atoms with E-state index < -0.39 is 0 Å². The number of aromatic amines is 1. The van der Waals surface area contributed by atoms with E-state index in [4.69, 9.17) is 11.8 Å². The lowest BCUT2D eigenvalue weighted by molar-refractivity contribution is 1.33. The van der Waals surface area contributed by atoms with Crippen LogP contribution in [0, 0.1) is 24.8 Å². The van der Waals surface area contributed by atoms with Gasteiger partial charge in [-0.15, -0.1) is 0 Å². The van der Waals surface area contributed by atoms with Crippen LogP contribution in [-0.4, -0.2) is 9.97 Å². The Bertz CT molecular complexity index is 1200. The Kier molecular flexibility index (Phi) is 3.73. The second kappa shape index (κ2) is 6.20. The van der Waals surface area contributed by atoms with Gasteiger partial charge in [-0.2, -0.15) is 5.26 Å². The normalized spacial score (nSPS) is 10.4. The first-order valence-electron chi connectivity index (χ1n) is 8.17. The lowest BCUT2D eigenvalue weighted by Gasteiger charge is -2.07. The van der Waals surface area contributed by atoms with Crippen molar-refractivity contribution in [3.05, 3.63) is 83.2 Å².